The molecule has 3 nitrogen and oxygen atoms in total. The van der Waals surface area contributed by atoms with Crippen LogP contribution in [0, 0.1) is 5.82 Å². The molecule has 0 saturated heterocycles. The van der Waals surface area contributed by atoms with Gasteiger partial charge in [-0.1, -0.05) is 41.9 Å². The van der Waals surface area contributed by atoms with Crippen LogP contribution in [0.3, 0.4) is 0 Å². The lowest BCUT2D eigenvalue weighted by Crippen LogP contribution is -3.04. The van der Waals surface area contributed by atoms with Gasteiger partial charge in [0.05, 0.1) is 20.5 Å². The highest BCUT2D eigenvalue weighted by atomic mass is 35.5. The first-order valence-corrected chi connectivity index (χ1v) is 7.90. The van der Waals surface area contributed by atoms with Crippen LogP contribution in [-0.4, -0.2) is 20.0 Å². The fraction of sp³-hybridized carbons (Fsp3) is 0.278. The van der Waals surface area contributed by atoms with Crippen LogP contribution < -0.4 is 10.2 Å². The Morgan fingerprint density at radius 3 is 2.48 bits per heavy atom. The maximum absolute atomic E-state index is 13.7. The van der Waals surface area contributed by atoms with Crippen LogP contribution in [0.25, 0.3) is 0 Å². The van der Waals surface area contributed by atoms with E-state index in [0.29, 0.717) is 6.54 Å². The summed E-state index contributed by atoms with van der Waals surface area (Å²) in [5.41, 5.74) is 2.50. The molecule has 0 fully saturated rings. The molecule has 1 amide bonds. The Labute approximate surface area is 141 Å². The number of carbonyl (C=O) groups excluding carboxylic acids is 1. The molecule has 0 heterocycles. The van der Waals surface area contributed by atoms with Crippen LogP contribution in [0.2, 0.25) is 5.02 Å². The predicted molar refractivity (Wildman–Crippen MR) is 89.9 cm³/mol. The number of rotatable bonds is 6. The lowest BCUT2D eigenvalue weighted by Gasteiger charge is -2.13. The molecule has 0 aliphatic rings. The van der Waals surface area contributed by atoms with Crippen molar-refractivity contribution in [3.05, 3.63) is 70.0 Å². The number of hydrogen-bond acceptors (Lipinski definition) is 1. The lowest BCUT2D eigenvalue weighted by molar-refractivity contribution is -0.872. The van der Waals surface area contributed by atoms with E-state index in [1.165, 1.54) is 22.6 Å². The molecule has 23 heavy (non-hydrogen) atoms. The number of nitrogens with one attached hydrogen (secondary N) is 2. The molecule has 0 bridgehead atoms. The maximum atomic E-state index is 13.7. The van der Waals surface area contributed by atoms with Gasteiger partial charge in [-0.3, -0.25) is 4.79 Å². The Hall–Kier alpha value is -1.91. The maximum Gasteiger partial charge on any atom is 0.224 e. The van der Waals surface area contributed by atoms with E-state index in [9.17, 15) is 9.18 Å². The minimum Gasteiger partial charge on any atom is -0.352 e. The highest BCUT2D eigenvalue weighted by Gasteiger charge is 2.12. The van der Waals surface area contributed by atoms with Crippen LogP contribution >= 0.6 is 11.6 Å². The lowest BCUT2D eigenvalue weighted by atomic mass is 10.1. The molecule has 0 aliphatic carbocycles. The van der Waals surface area contributed by atoms with Gasteiger partial charge in [0.25, 0.3) is 0 Å². The Balaban J connectivity index is 2.00. The van der Waals surface area contributed by atoms with Gasteiger partial charge in [0, 0.05) is 22.7 Å². The molecular weight excluding hydrogens is 315 g/mol. The molecule has 0 atom stereocenters. The van der Waals surface area contributed by atoms with Crippen LogP contribution in [-0.2, 0) is 24.3 Å². The largest absolute Gasteiger partial charge is 0.352 e. The molecule has 5 heteroatoms. The van der Waals surface area contributed by atoms with Crippen molar-refractivity contribution in [2.45, 2.75) is 19.5 Å². The molecule has 0 unspecified atom stereocenters. The van der Waals surface area contributed by atoms with E-state index < -0.39 is 5.82 Å². The van der Waals surface area contributed by atoms with Gasteiger partial charge in [-0.25, -0.2) is 4.39 Å². The Morgan fingerprint density at radius 1 is 1.13 bits per heavy atom. The molecule has 2 aromatic rings. The molecule has 0 saturated carbocycles. The van der Waals surface area contributed by atoms with Gasteiger partial charge in [0.15, 0.2) is 0 Å². The van der Waals surface area contributed by atoms with Gasteiger partial charge in [0.1, 0.15) is 12.4 Å². The summed E-state index contributed by atoms with van der Waals surface area (Å²) < 4.78 is 13.7. The number of halogens is 2. The average molecular weight is 336 g/mol. The van der Waals surface area contributed by atoms with E-state index in [-0.39, 0.29) is 22.9 Å². The summed E-state index contributed by atoms with van der Waals surface area (Å²) in [4.78, 5) is 13.4. The van der Waals surface area contributed by atoms with E-state index in [2.05, 4.69) is 25.5 Å². The van der Waals surface area contributed by atoms with Crippen molar-refractivity contribution in [1.29, 1.82) is 0 Å². The van der Waals surface area contributed by atoms with Crippen molar-refractivity contribution >= 4 is 17.5 Å². The van der Waals surface area contributed by atoms with Crippen molar-refractivity contribution in [3.8, 4) is 0 Å². The second kappa shape index (κ2) is 8.09. The van der Waals surface area contributed by atoms with E-state index in [1.807, 2.05) is 18.2 Å². The zero-order valence-corrected chi connectivity index (χ0v) is 14.1. The van der Waals surface area contributed by atoms with Gasteiger partial charge in [0.2, 0.25) is 5.91 Å². The highest BCUT2D eigenvalue weighted by molar-refractivity contribution is 6.31. The minimum absolute atomic E-state index is 0.0629. The normalized spacial score (nSPS) is 10.8. The Bertz CT molecular complexity index is 668. The number of amides is 1. The topological polar surface area (TPSA) is 33.5 Å². The highest BCUT2D eigenvalue weighted by Crippen LogP contribution is 2.19. The third-order valence-electron chi connectivity index (χ3n) is 3.54. The number of hydrogen-bond donors (Lipinski definition) is 2. The summed E-state index contributed by atoms with van der Waals surface area (Å²) in [5.74, 6) is -0.701. The quantitative estimate of drug-likeness (QED) is 0.831. The standard InChI is InChI=1S/C18H20ClFN2O/c1-22(2)12-14-7-4-3-6-13(14)11-21-18(23)10-15-16(19)8-5-9-17(15)20/h3-9H,10-12H2,1-2H3,(H,21,23)/p+1. The van der Waals surface area contributed by atoms with Gasteiger partial charge in [-0.15, -0.1) is 0 Å². The summed E-state index contributed by atoms with van der Waals surface area (Å²) in [6.45, 7) is 1.31. The van der Waals surface area contributed by atoms with Crippen LogP contribution in [0.4, 0.5) is 4.39 Å². The average Bonchev–Trinajstić information content (AvgIpc) is 2.50. The van der Waals surface area contributed by atoms with E-state index in [1.54, 1.807) is 6.07 Å². The zero-order chi connectivity index (χ0) is 16.8. The summed E-state index contributed by atoms with van der Waals surface area (Å²) in [7, 11) is 4.16. The first kappa shape index (κ1) is 17.4. The van der Waals surface area contributed by atoms with Gasteiger partial charge >= 0.3 is 0 Å². The van der Waals surface area contributed by atoms with E-state index >= 15 is 0 Å². The van der Waals surface area contributed by atoms with Gasteiger partial charge < -0.3 is 10.2 Å². The van der Waals surface area contributed by atoms with Crippen molar-refractivity contribution in [2.24, 2.45) is 0 Å². The molecular formula is C18H21ClFN2O+. The summed E-state index contributed by atoms with van der Waals surface area (Å²) in [6.07, 6.45) is -0.0629. The fourth-order valence-electron chi connectivity index (χ4n) is 2.40. The monoisotopic (exact) mass is 335 g/mol. The van der Waals surface area contributed by atoms with Crippen LogP contribution in [0.5, 0.6) is 0 Å². The molecule has 0 aromatic heterocycles. The molecule has 2 N–H and O–H groups in total. The van der Waals surface area contributed by atoms with Crippen molar-refractivity contribution in [2.75, 3.05) is 14.1 Å². The second-order valence-electron chi connectivity index (χ2n) is 5.81. The Morgan fingerprint density at radius 2 is 1.83 bits per heavy atom. The van der Waals surface area contributed by atoms with Crippen LogP contribution in [0.1, 0.15) is 16.7 Å². The molecule has 2 aromatic carbocycles. The predicted octanol–water partition coefficient (Wildman–Crippen LogP) is 1.98. The van der Waals surface area contributed by atoms with E-state index in [4.69, 9.17) is 11.6 Å². The third-order valence-corrected chi connectivity index (χ3v) is 3.89. The summed E-state index contributed by atoms with van der Waals surface area (Å²) in [5, 5.41) is 3.12. The van der Waals surface area contributed by atoms with Crippen molar-refractivity contribution in [3.63, 3.8) is 0 Å². The number of quaternary nitrogens is 1. The molecule has 0 radical (unpaired) electrons. The first-order valence-electron chi connectivity index (χ1n) is 7.52. The Kier molecular flexibility index (Phi) is 6.13. The molecule has 0 aliphatic heterocycles. The molecule has 122 valence electrons. The third kappa shape index (κ3) is 5.05. The smallest absolute Gasteiger partial charge is 0.224 e. The zero-order valence-electron chi connectivity index (χ0n) is 13.3. The minimum atomic E-state index is -0.454. The molecule has 0 spiro atoms. The second-order valence-corrected chi connectivity index (χ2v) is 6.21. The summed E-state index contributed by atoms with van der Waals surface area (Å²) in [6, 6.07) is 12.4. The van der Waals surface area contributed by atoms with Gasteiger partial charge in [-0.05, 0) is 17.7 Å². The number of carbonyl (C=O) groups is 1. The first-order chi connectivity index (χ1) is 11.0. The van der Waals surface area contributed by atoms with E-state index in [0.717, 1.165) is 12.1 Å². The van der Waals surface area contributed by atoms with Crippen molar-refractivity contribution in [1.82, 2.24) is 5.32 Å². The van der Waals surface area contributed by atoms with Crippen LogP contribution in [0.15, 0.2) is 42.5 Å². The molecule has 2 rings (SSSR count). The van der Waals surface area contributed by atoms with Gasteiger partial charge in [-0.2, -0.15) is 0 Å². The SMILES string of the molecule is C[NH+](C)Cc1ccccc1CNC(=O)Cc1c(F)cccc1Cl. The number of benzene rings is 2. The fourth-order valence-corrected chi connectivity index (χ4v) is 2.63. The van der Waals surface area contributed by atoms with Crippen molar-refractivity contribution < 1.29 is 14.1 Å². The summed E-state index contributed by atoms with van der Waals surface area (Å²) >= 11 is 5.95.